The molecule has 260 valence electrons. The van der Waals surface area contributed by atoms with Crippen molar-refractivity contribution in [2.75, 3.05) is 49.1 Å². The molecule has 2 aromatic heterocycles. The average Bonchev–Trinajstić information content (AvgIpc) is 3.12. The van der Waals surface area contributed by atoms with Gasteiger partial charge < -0.3 is 19.4 Å². The number of carbonyl (C=O) groups excluding carboxylic acids is 3. The minimum atomic E-state index is -0.502. The molecule has 0 atom stereocenters. The first-order valence-electron chi connectivity index (χ1n) is 16.0. The van der Waals surface area contributed by atoms with E-state index in [0.29, 0.717) is 54.4 Å². The molecule has 0 saturated carbocycles. The average molecular weight is 688 g/mol. The Kier molecular flexibility index (Phi) is 14.2. The Morgan fingerprint density at radius 3 is 1.35 bits per heavy atom. The van der Waals surface area contributed by atoms with Crippen LogP contribution in [-0.2, 0) is 4.74 Å². The first-order chi connectivity index (χ1) is 22.7. The second kappa shape index (κ2) is 18.0. The number of piperazine rings is 1. The molecule has 0 aliphatic carbocycles. The van der Waals surface area contributed by atoms with Gasteiger partial charge in [0, 0.05) is 75.2 Å². The molecule has 0 radical (unpaired) electrons. The molecule has 1 amide bonds. The summed E-state index contributed by atoms with van der Waals surface area (Å²) in [5.74, 6) is 1.16. The number of aromatic nitrogens is 4. The van der Waals surface area contributed by atoms with E-state index in [9.17, 15) is 14.4 Å². The number of halogens is 1. The third-order valence-electron chi connectivity index (χ3n) is 7.73. The highest BCUT2D eigenvalue weighted by Gasteiger charge is 2.27. The number of amides is 1. The van der Waals surface area contributed by atoms with E-state index < -0.39 is 5.60 Å². The van der Waals surface area contributed by atoms with Crippen LogP contribution in [0.1, 0.15) is 79.3 Å². The number of piperidine rings is 1. The molecule has 0 spiro atoms. The number of hydrogen-bond acceptors (Lipinski definition) is 10. The number of nitrogens with zero attached hydrogens (tertiary/aromatic N) is 7. The van der Waals surface area contributed by atoms with Crippen LogP contribution >= 0.6 is 12.4 Å². The molecule has 0 unspecified atom stereocenters. The lowest BCUT2D eigenvalue weighted by Crippen LogP contribution is -2.50. The Hall–Kier alpha value is -4.90. The molecular weight excluding hydrogens is 642 g/mol. The van der Waals surface area contributed by atoms with E-state index in [-0.39, 0.29) is 37.5 Å². The quantitative estimate of drug-likeness (QED) is 0.207. The first-order valence-corrected chi connectivity index (χ1v) is 16.0. The van der Waals surface area contributed by atoms with Gasteiger partial charge >= 0.3 is 6.09 Å². The lowest BCUT2D eigenvalue weighted by Gasteiger charge is -2.35. The topological polar surface area (TPSA) is 122 Å². The summed E-state index contributed by atoms with van der Waals surface area (Å²) in [6, 6.07) is 18.3. The van der Waals surface area contributed by atoms with Crippen molar-refractivity contribution < 1.29 is 19.1 Å². The van der Waals surface area contributed by atoms with E-state index in [2.05, 4.69) is 24.8 Å². The maximum atomic E-state index is 12.4. The standard InChI is InChI=1S/C20H24N4O3.C16H17N3O.CH4.ClH/c1-20(2,3)27-19(26)24-11-9-23(10-12-24)18-21-13-16(14-22-18)17(25)15-7-5-4-6-8-15;20-15(13-7-3-1-4-8-13)14-11-17-16(18-12-14)19-9-5-2-6-10-19;;/h4-8,13-14H,9-12H2,1-3H3;1,3-4,7-8,11-12H,2,5-6,9-10H2;1H4;1H. The van der Waals surface area contributed by atoms with Gasteiger partial charge in [0.15, 0.2) is 11.6 Å². The van der Waals surface area contributed by atoms with Crippen LogP contribution in [0.15, 0.2) is 85.5 Å². The number of hydrogen-bond donors (Lipinski definition) is 0. The van der Waals surface area contributed by atoms with Gasteiger partial charge in [-0.15, -0.1) is 12.4 Å². The summed E-state index contributed by atoms with van der Waals surface area (Å²) in [7, 11) is 0. The first kappa shape index (κ1) is 38.5. The molecule has 4 heterocycles. The van der Waals surface area contributed by atoms with Crippen LogP contribution in [-0.4, -0.2) is 87.4 Å². The van der Waals surface area contributed by atoms with Gasteiger partial charge in [-0.05, 0) is 40.0 Å². The molecule has 2 aliphatic rings. The normalized spacial score (nSPS) is 14.3. The fourth-order valence-electron chi connectivity index (χ4n) is 5.23. The van der Waals surface area contributed by atoms with E-state index in [1.54, 1.807) is 54.0 Å². The Labute approximate surface area is 295 Å². The largest absolute Gasteiger partial charge is 0.444 e. The van der Waals surface area contributed by atoms with Gasteiger partial charge in [0.2, 0.25) is 11.9 Å². The van der Waals surface area contributed by atoms with Crippen molar-refractivity contribution in [2.24, 2.45) is 0 Å². The third kappa shape index (κ3) is 10.8. The molecule has 6 rings (SSSR count). The summed E-state index contributed by atoms with van der Waals surface area (Å²) < 4.78 is 5.40. The fraction of sp³-hybridized carbons (Fsp3) is 0.378. The zero-order valence-electron chi connectivity index (χ0n) is 27.6. The molecule has 11 nitrogen and oxygen atoms in total. The summed E-state index contributed by atoms with van der Waals surface area (Å²) in [6.45, 7) is 9.90. The molecule has 2 aromatic carbocycles. The maximum absolute atomic E-state index is 12.4. The summed E-state index contributed by atoms with van der Waals surface area (Å²) in [6.07, 6.45) is 9.73. The van der Waals surface area contributed by atoms with Crippen molar-refractivity contribution >= 4 is 42.0 Å². The zero-order chi connectivity index (χ0) is 33.2. The van der Waals surface area contributed by atoms with Gasteiger partial charge in [0.1, 0.15) is 5.60 Å². The zero-order valence-corrected chi connectivity index (χ0v) is 28.4. The molecule has 49 heavy (non-hydrogen) atoms. The van der Waals surface area contributed by atoms with Crippen LogP contribution in [0.25, 0.3) is 0 Å². The van der Waals surface area contributed by atoms with Gasteiger partial charge in [0.25, 0.3) is 0 Å². The number of carbonyl (C=O) groups is 3. The number of anilines is 2. The van der Waals surface area contributed by atoms with E-state index >= 15 is 0 Å². The van der Waals surface area contributed by atoms with Crippen LogP contribution in [0.5, 0.6) is 0 Å². The highest BCUT2D eigenvalue weighted by molar-refractivity contribution is 6.09. The van der Waals surface area contributed by atoms with E-state index in [0.717, 1.165) is 19.0 Å². The van der Waals surface area contributed by atoms with E-state index in [1.165, 1.54) is 19.3 Å². The van der Waals surface area contributed by atoms with Crippen LogP contribution in [0.4, 0.5) is 16.7 Å². The van der Waals surface area contributed by atoms with E-state index in [1.807, 2.05) is 62.1 Å². The van der Waals surface area contributed by atoms with Crippen LogP contribution in [0.3, 0.4) is 0 Å². The fourth-order valence-corrected chi connectivity index (χ4v) is 5.23. The highest BCUT2D eigenvalue weighted by Crippen LogP contribution is 2.17. The maximum Gasteiger partial charge on any atom is 0.410 e. The Balaban J connectivity index is 0.000000265. The summed E-state index contributed by atoms with van der Waals surface area (Å²) in [4.78, 5) is 60.0. The molecule has 12 heteroatoms. The van der Waals surface area contributed by atoms with Gasteiger partial charge in [-0.3, -0.25) is 9.59 Å². The Bertz CT molecular complexity index is 1620. The summed E-state index contributed by atoms with van der Waals surface area (Å²) in [5, 5.41) is 0. The number of ether oxygens (including phenoxy) is 1. The number of benzene rings is 2. The monoisotopic (exact) mass is 687 g/mol. The molecule has 0 bridgehead atoms. The second-order valence-electron chi connectivity index (χ2n) is 12.4. The van der Waals surface area contributed by atoms with Gasteiger partial charge in [-0.2, -0.15) is 0 Å². The highest BCUT2D eigenvalue weighted by atomic mass is 35.5. The molecule has 2 fully saturated rings. The Morgan fingerprint density at radius 1 is 0.571 bits per heavy atom. The predicted molar refractivity (Wildman–Crippen MR) is 194 cm³/mol. The van der Waals surface area contributed by atoms with Crippen molar-refractivity contribution in [1.82, 2.24) is 24.8 Å². The molecule has 4 aromatic rings. The number of ketones is 2. The molecule has 2 saturated heterocycles. The molecular formula is C37H46ClN7O4. The van der Waals surface area contributed by atoms with Crippen LogP contribution < -0.4 is 9.80 Å². The summed E-state index contributed by atoms with van der Waals surface area (Å²) >= 11 is 0. The summed E-state index contributed by atoms with van der Waals surface area (Å²) in [5.41, 5.74) is 1.77. The van der Waals surface area contributed by atoms with Crippen LogP contribution in [0, 0.1) is 0 Å². The van der Waals surface area contributed by atoms with Crippen molar-refractivity contribution in [3.8, 4) is 0 Å². The third-order valence-corrected chi connectivity index (χ3v) is 7.73. The van der Waals surface area contributed by atoms with Crippen molar-refractivity contribution in [3.05, 3.63) is 108 Å². The van der Waals surface area contributed by atoms with Crippen molar-refractivity contribution in [3.63, 3.8) is 0 Å². The van der Waals surface area contributed by atoms with Crippen LogP contribution in [0.2, 0.25) is 0 Å². The van der Waals surface area contributed by atoms with Gasteiger partial charge in [-0.25, -0.2) is 24.7 Å². The van der Waals surface area contributed by atoms with Gasteiger partial charge in [-0.1, -0.05) is 68.1 Å². The van der Waals surface area contributed by atoms with Crippen molar-refractivity contribution in [2.45, 2.75) is 53.1 Å². The van der Waals surface area contributed by atoms with Crippen molar-refractivity contribution in [1.29, 1.82) is 0 Å². The lowest BCUT2D eigenvalue weighted by atomic mass is 10.1. The SMILES string of the molecule is C.CC(C)(C)OC(=O)N1CCN(c2ncc(C(=O)c3ccccc3)cn2)CC1.Cl.O=C(c1ccccc1)c1cnc(N2CCCCC2)nc1. The number of rotatable bonds is 6. The minimum absolute atomic E-state index is 0. The van der Waals surface area contributed by atoms with Gasteiger partial charge in [0.05, 0.1) is 11.1 Å². The molecule has 2 aliphatic heterocycles. The molecule has 0 N–H and O–H groups in total. The lowest BCUT2D eigenvalue weighted by molar-refractivity contribution is 0.0240. The van der Waals surface area contributed by atoms with E-state index in [4.69, 9.17) is 4.74 Å². The minimum Gasteiger partial charge on any atom is -0.444 e. The second-order valence-corrected chi connectivity index (χ2v) is 12.4. The predicted octanol–water partition coefficient (Wildman–Crippen LogP) is 6.52. The smallest absolute Gasteiger partial charge is 0.410 e. The Morgan fingerprint density at radius 2 is 0.959 bits per heavy atom.